The molecule has 1 aliphatic heterocycles. The van der Waals surface area contributed by atoms with E-state index < -0.39 is 0 Å². The molecular formula is C19H24N4O2. The topological polar surface area (TPSA) is 71.3 Å². The molecule has 1 aromatic carbocycles. The first-order valence-corrected chi connectivity index (χ1v) is 9.03. The summed E-state index contributed by atoms with van der Waals surface area (Å²) in [5.41, 5.74) is 1.48. The number of carbonyl (C=O) groups excluding carboxylic acids is 1. The Kier molecular flexibility index (Phi) is 4.29. The van der Waals surface area contributed by atoms with E-state index in [1.807, 2.05) is 6.07 Å². The summed E-state index contributed by atoms with van der Waals surface area (Å²) in [6, 6.07) is 10.6. The van der Waals surface area contributed by atoms with Gasteiger partial charge in [0.25, 0.3) is 0 Å². The zero-order valence-corrected chi connectivity index (χ0v) is 14.6. The lowest BCUT2D eigenvalue weighted by Gasteiger charge is -2.22. The van der Waals surface area contributed by atoms with Gasteiger partial charge in [-0.25, -0.2) is 0 Å². The van der Waals surface area contributed by atoms with Crippen LogP contribution in [0, 0.1) is 6.92 Å². The maximum atomic E-state index is 12.5. The minimum absolute atomic E-state index is 0.0781. The fraction of sp³-hybridized carbons (Fsp3) is 0.526. The van der Waals surface area contributed by atoms with Crippen molar-refractivity contribution in [3.8, 4) is 0 Å². The molecule has 2 aliphatic rings. The van der Waals surface area contributed by atoms with Crippen LogP contribution >= 0.6 is 0 Å². The summed E-state index contributed by atoms with van der Waals surface area (Å²) in [6.07, 6.45) is 4.32. The second-order valence-corrected chi connectivity index (χ2v) is 7.22. The number of nitrogens with one attached hydrogen (secondary N) is 1. The van der Waals surface area contributed by atoms with Crippen LogP contribution in [0.3, 0.4) is 0 Å². The molecule has 1 saturated carbocycles. The van der Waals surface area contributed by atoms with Crippen LogP contribution in [-0.2, 0) is 10.2 Å². The minimum atomic E-state index is 0.0781. The molecule has 1 saturated heterocycles. The number of aromatic nitrogens is 2. The van der Waals surface area contributed by atoms with E-state index in [1.165, 1.54) is 5.56 Å². The monoisotopic (exact) mass is 340 g/mol. The molecule has 6 heteroatoms. The smallest absolute Gasteiger partial charge is 0.234 e. The molecule has 0 spiro atoms. The van der Waals surface area contributed by atoms with Gasteiger partial charge in [0.1, 0.15) is 0 Å². The van der Waals surface area contributed by atoms with Gasteiger partial charge < -0.3 is 9.84 Å². The highest BCUT2D eigenvalue weighted by Crippen LogP contribution is 2.47. The van der Waals surface area contributed by atoms with Crippen LogP contribution in [0.2, 0.25) is 0 Å². The number of rotatable bonds is 6. The Morgan fingerprint density at radius 1 is 1.36 bits per heavy atom. The van der Waals surface area contributed by atoms with Crippen molar-refractivity contribution in [2.75, 3.05) is 19.6 Å². The Hall–Kier alpha value is -2.21. The molecule has 1 aromatic heterocycles. The van der Waals surface area contributed by atoms with Crippen molar-refractivity contribution in [1.82, 2.24) is 20.4 Å². The fourth-order valence-corrected chi connectivity index (χ4v) is 3.78. The second kappa shape index (κ2) is 6.59. The molecule has 1 N–H and O–H groups in total. The van der Waals surface area contributed by atoms with Gasteiger partial charge in [-0.1, -0.05) is 35.5 Å². The van der Waals surface area contributed by atoms with Crippen molar-refractivity contribution < 1.29 is 9.32 Å². The van der Waals surface area contributed by atoms with Gasteiger partial charge in [-0.2, -0.15) is 4.98 Å². The molecule has 6 nitrogen and oxygen atoms in total. The van der Waals surface area contributed by atoms with E-state index in [1.54, 1.807) is 6.92 Å². The third-order valence-electron chi connectivity index (χ3n) is 5.42. The third-order valence-corrected chi connectivity index (χ3v) is 5.42. The number of carbonyl (C=O) groups is 1. The number of hydrogen-bond donors (Lipinski definition) is 1. The standard InChI is InChI=1S/C19H24N4O2/c1-14-21-18(22-25-14)16-8-5-11-23(16)12-17(24)20-13-19(9-10-19)15-6-3-2-4-7-15/h2-4,6-7,16H,5,8-13H2,1H3,(H,20,24). The Labute approximate surface area is 147 Å². The van der Waals surface area contributed by atoms with E-state index in [0.29, 0.717) is 18.3 Å². The lowest BCUT2D eigenvalue weighted by molar-refractivity contribution is -0.122. The number of hydrogen-bond acceptors (Lipinski definition) is 5. The van der Waals surface area contributed by atoms with Crippen LogP contribution in [0.15, 0.2) is 34.9 Å². The summed E-state index contributed by atoms with van der Waals surface area (Å²) in [5, 5.41) is 7.17. The first-order chi connectivity index (χ1) is 12.2. The first kappa shape index (κ1) is 16.3. The lowest BCUT2D eigenvalue weighted by Crippen LogP contribution is -2.40. The van der Waals surface area contributed by atoms with Gasteiger partial charge in [-0.15, -0.1) is 0 Å². The summed E-state index contributed by atoms with van der Waals surface area (Å²) in [5.74, 6) is 1.35. The summed E-state index contributed by atoms with van der Waals surface area (Å²) < 4.78 is 5.09. The van der Waals surface area contributed by atoms with Gasteiger partial charge in [0, 0.05) is 18.9 Å². The number of benzene rings is 1. The third kappa shape index (κ3) is 3.44. The number of likely N-dealkylation sites (tertiary alicyclic amines) is 1. The molecular weight excluding hydrogens is 316 g/mol. The molecule has 4 rings (SSSR count). The molecule has 2 heterocycles. The zero-order chi connectivity index (χ0) is 17.3. The fourth-order valence-electron chi connectivity index (χ4n) is 3.78. The summed E-state index contributed by atoms with van der Waals surface area (Å²) in [6.45, 7) is 3.80. The number of amides is 1. The average Bonchev–Trinajstić information content (AvgIpc) is 3.08. The van der Waals surface area contributed by atoms with Crippen molar-refractivity contribution in [3.63, 3.8) is 0 Å². The van der Waals surface area contributed by atoms with E-state index in [2.05, 4.69) is 44.6 Å². The molecule has 2 fully saturated rings. The summed E-state index contributed by atoms with van der Waals surface area (Å²) >= 11 is 0. The highest BCUT2D eigenvalue weighted by molar-refractivity contribution is 5.78. The van der Waals surface area contributed by atoms with E-state index in [4.69, 9.17) is 4.52 Å². The normalized spacial score (nSPS) is 22.0. The van der Waals surface area contributed by atoms with Crippen LogP contribution in [0.4, 0.5) is 0 Å². The van der Waals surface area contributed by atoms with E-state index in [0.717, 1.165) is 38.8 Å². The molecule has 1 aliphatic carbocycles. The van der Waals surface area contributed by atoms with Gasteiger partial charge in [-0.3, -0.25) is 9.69 Å². The molecule has 1 unspecified atom stereocenters. The van der Waals surface area contributed by atoms with E-state index in [-0.39, 0.29) is 17.4 Å². The summed E-state index contributed by atoms with van der Waals surface area (Å²) in [4.78, 5) is 19.0. The highest BCUT2D eigenvalue weighted by atomic mass is 16.5. The van der Waals surface area contributed by atoms with Gasteiger partial charge in [0.15, 0.2) is 5.82 Å². The molecule has 132 valence electrons. The van der Waals surface area contributed by atoms with Crippen LogP contribution < -0.4 is 5.32 Å². The lowest BCUT2D eigenvalue weighted by atomic mass is 9.96. The predicted octanol–water partition coefficient (Wildman–Crippen LogP) is 2.36. The van der Waals surface area contributed by atoms with Crippen molar-refractivity contribution in [3.05, 3.63) is 47.6 Å². The van der Waals surface area contributed by atoms with Gasteiger partial charge >= 0.3 is 0 Å². The Morgan fingerprint density at radius 2 is 2.16 bits per heavy atom. The second-order valence-electron chi connectivity index (χ2n) is 7.22. The van der Waals surface area contributed by atoms with Crippen LogP contribution in [0.5, 0.6) is 0 Å². The highest BCUT2D eigenvalue weighted by Gasteiger charge is 2.44. The maximum Gasteiger partial charge on any atom is 0.234 e. The van der Waals surface area contributed by atoms with Crippen LogP contribution in [-0.4, -0.2) is 40.6 Å². The zero-order valence-electron chi connectivity index (χ0n) is 14.6. The number of nitrogens with zero attached hydrogens (tertiary/aromatic N) is 3. The van der Waals surface area contributed by atoms with Crippen molar-refractivity contribution in [2.45, 2.75) is 44.1 Å². The molecule has 0 radical (unpaired) electrons. The molecule has 2 aromatic rings. The van der Waals surface area contributed by atoms with Gasteiger partial charge in [0.05, 0.1) is 12.6 Å². The van der Waals surface area contributed by atoms with E-state index in [9.17, 15) is 4.79 Å². The van der Waals surface area contributed by atoms with Crippen LogP contribution in [0.1, 0.15) is 49.0 Å². The SMILES string of the molecule is Cc1nc(C2CCCN2CC(=O)NCC2(c3ccccc3)CC2)no1. The van der Waals surface area contributed by atoms with Crippen molar-refractivity contribution in [2.24, 2.45) is 0 Å². The van der Waals surface area contributed by atoms with E-state index >= 15 is 0 Å². The Balaban J connectivity index is 1.33. The molecule has 1 amide bonds. The molecule has 1 atom stereocenters. The maximum absolute atomic E-state index is 12.5. The predicted molar refractivity (Wildman–Crippen MR) is 92.9 cm³/mol. The number of aryl methyl sites for hydroxylation is 1. The van der Waals surface area contributed by atoms with Crippen molar-refractivity contribution >= 4 is 5.91 Å². The largest absolute Gasteiger partial charge is 0.354 e. The van der Waals surface area contributed by atoms with Crippen molar-refractivity contribution in [1.29, 1.82) is 0 Å². The molecule has 25 heavy (non-hydrogen) atoms. The quantitative estimate of drug-likeness (QED) is 0.874. The van der Waals surface area contributed by atoms with Crippen LogP contribution in [0.25, 0.3) is 0 Å². The summed E-state index contributed by atoms with van der Waals surface area (Å²) in [7, 11) is 0. The first-order valence-electron chi connectivity index (χ1n) is 9.03. The Morgan fingerprint density at radius 3 is 2.84 bits per heavy atom. The van der Waals surface area contributed by atoms with Gasteiger partial charge in [-0.05, 0) is 37.8 Å². The molecule has 0 bridgehead atoms. The van der Waals surface area contributed by atoms with Gasteiger partial charge in [0.2, 0.25) is 11.8 Å². The Bertz CT molecular complexity index is 739. The minimum Gasteiger partial charge on any atom is -0.354 e. The average molecular weight is 340 g/mol.